The summed E-state index contributed by atoms with van der Waals surface area (Å²) < 4.78 is 18.2. The van der Waals surface area contributed by atoms with Crippen LogP contribution < -0.4 is 15.0 Å². The summed E-state index contributed by atoms with van der Waals surface area (Å²) in [4.78, 5) is 41.2. The van der Waals surface area contributed by atoms with E-state index in [0.29, 0.717) is 23.7 Å². The largest absolute Gasteiger partial charge is 0.497 e. The first kappa shape index (κ1) is 21.3. The number of urea groups is 1. The van der Waals surface area contributed by atoms with Crippen molar-refractivity contribution in [2.24, 2.45) is 5.92 Å². The number of methoxy groups -OCH3 is 1. The van der Waals surface area contributed by atoms with Gasteiger partial charge in [0.25, 0.3) is 5.91 Å². The van der Waals surface area contributed by atoms with Crippen LogP contribution in [0.2, 0.25) is 0 Å². The molecule has 1 heterocycles. The van der Waals surface area contributed by atoms with Crippen LogP contribution in [0.25, 0.3) is 0 Å². The number of imide groups is 1. The number of ether oxygens (including phenoxy) is 1. The molecular weight excluding hydrogens is 389 g/mol. The Labute approximate surface area is 174 Å². The maximum absolute atomic E-state index is 13.1. The zero-order valence-electron chi connectivity index (χ0n) is 17.1. The third kappa shape index (κ3) is 4.59. The second-order valence-corrected chi connectivity index (χ2v) is 7.48. The molecule has 0 aliphatic carbocycles. The van der Waals surface area contributed by atoms with Gasteiger partial charge in [-0.15, -0.1) is 0 Å². The molecular formula is C22H24FN3O4. The molecule has 1 atom stereocenters. The molecule has 2 aromatic rings. The number of nitrogens with one attached hydrogen (secondary N) is 1. The van der Waals surface area contributed by atoms with Crippen LogP contribution in [0.1, 0.15) is 20.3 Å². The average Bonchev–Trinajstić information content (AvgIpc) is 2.93. The van der Waals surface area contributed by atoms with Crippen LogP contribution >= 0.6 is 0 Å². The van der Waals surface area contributed by atoms with Crippen molar-refractivity contribution >= 4 is 29.2 Å². The molecule has 30 heavy (non-hydrogen) atoms. The molecule has 0 aromatic heterocycles. The topological polar surface area (TPSA) is 79.0 Å². The number of anilines is 2. The van der Waals surface area contributed by atoms with E-state index >= 15 is 0 Å². The number of carbonyl (C=O) groups is 3. The Morgan fingerprint density at radius 3 is 2.50 bits per heavy atom. The van der Waals surface area contributed by atoms with Gasteiger partial charge in [-0.1, -0.05) is 19.9 Å². The lowest BCUT2D eigenvalue weighted by atomic mass is 10.1. The highest BCUT2D eigenvalue weighted by Gasteiger charge is 2.46. The van der Waals surface area contributed by atoms with Crippen molar-refractivity contribution in [1.82, 2.24) is 4.90 Å². The number of rotatable bonds is 7. The first-order valence-electron chi connectivity index (χ1n) is 9.64. The Hall–Kier alpha value is -3.42. The molecule has 0 radical (unpaired) electrons. The Balaban J connectivity index is 1.83. The number of carbonyl (C=O) groups excluding carboxylic acids is 3. The van der Waals surface area contributed by atoms with E-state index in [1.165, 1.54) is 36.3 Å². The normalized spacial score (nSPS) is 16.4. The molecule has 1 fully saturated rings. The number of hydrogen-bond acceptors (Lipinski definition) is 4. The fraction of sp³-hybridized carbons (Fsp3) is 0.318. The molecule has 1 N–H and O–H groups in total. The zero-order chi connectivity index (χ0) is 21.8. The van der Waals surface area contributed by atoms with Gasteiger partial charge in [0, 0.05) is 18.3 Å². The Morgan fingerprint density at radius 1 is 1.17 bits per heavy atom. The minimum Gasteiger partial charge on any atom is -0.497 e. The molecule has 1 aliphatic rings. The summed E-state index contributed by atoms with van der Waals surface area (Å²) in [6.07, 6.45) is -0.199. The predicted octanol–water partition coefficient (Wildman–Crippen LogP) is 3.66. The van der Waals surface area contributed by atoms with Crippen LogP contribution in [-0.4, -0.2) is 42.4 Å². The van der Waals surface area contributed by atoms with Crippen LogP contribution in [0.4, 0.5) is 20.6 Å². The number of benzene rings is 2. The highest BCUT2D eigenvalue weighted by molar-refractivity contribution is 6.22. The monoisotopic (exact) mass is 413 g/mol. The van der Waals surface area contributed by atoms with E-state index in [-0.39, 0.29) is 12.3 Å². The van der Waals surface area contributed by atoms with E-state index in [9.17, 15) is 18.8 Å². The van der Waals surface area contributed by atoms with Gasteiger partial charge in [0.2, 0.25) is 5.91 Å². The van der Waals surface area contributed by atoms with Crippen molar-refractivity contribution in [3.05, 3.63) is 54.3 Å². The zero-order valence-corrected chi connectivity index (χ0v) is 17.1. The quantitative estimate of drug-likeness (QED) is 0.703. The van der Waals surface area contributed by atoms with Gasteiger partial charge in [-0.05, 0) is 42.3 Å². The van der Waals surface area contributed by atoms with Gasteiger partial charge in [-0.3, -0.25) is 9.59 Å². The van der Waals surface area contributed by atoms with Gasteiger partial charge in [-0.2, -0.15) is 0 Å². The summed E-state index contributed by atoms with van der Waals surface area (Å²) in [7, 11) is 1.50. The van der Waals surface area contributed by atoms with E-state index in [1.807, 2.05) is 13.8 Å². The smallest absolute Gasteiger partial charge is 0.332 e. The summed E-state index contributed by atoms with van der Waals surface area (Å²) in [6, 6.07) is 10.6. The molecule has 2 aromatic carbocycles. The predicted molar refractivity (Wildman–Crippen MR) is 111 cm³/mol. The van der Waals surface area contributed by atoms with Crippen molar-refractivity contribution in [3.8, 4) is 5.75 Å². The van der Waals surface area contributed by atoms with Crippen LogP contribution in [0.5, 0.6) is 5.75 Å². The second kappa shape index (κ2) is 8.94. The van der Waals surface area contributed by atoms with Crippen molar-refractivity contribution in [1.29, 1.82) is 0 Å². The molecule has 8 heteroatoms. The van der Waals surface area contributed by atoms with Crippen LogP contribution in [-0.2, 0) is 9.59 Å². The maximum Gasteiger partial charge on any atom is 0.332 e. The van der Waals surface area contributed by atoms with Gasteiger partial charge in [0.1, 0.15) is 17.6 Å². The van der Waals surface area contributed by atoms with Crippen molar-refractivity contribution < 1.29 is 23.5 Å². The highest BCUT2D eigenvalue weighted by Crippen LogP contribution is 2.30. The van der Waals surface area contributed by atoms with Crippen LogP contribution in [0.15, 0.2) is 48.5 Å². The van der Waals surface area contributed by atoms with Crippen molar-refractivity contribution in [2.45, 2.75) is 26.3 Å². The van der Waals surface area contributed by atoms with E-state index in [4.69, 9.17) is 4.74 Å². The van der Waals surface area contributed by atoms with Crippen LogP contribution in [0.3, 0.4) is 0 Å². The molecule has 1 unspecified atom stereocenters. The average molecular weight is 413 g/mol. The summed E-state index contributed by atoms with van der Waals surface area (Å²) in [5.41, 5.74) is 0.804. The first-order valence-corrected chi connectivity index (χ1v) is 9.64. The Kier molecular flexibility index (Phi) is 6.34. The molecule has 7 nitrogen and oxygen atoms in total. The molecule has 3 rings (SSSR count). The fourth-order valence-corrected chi connectivity index (χ4v) is 3.34. The number of halogens is 1. The van der Waals surface area contributed by atoms with Gasteiger partial charge in [0.15, 0.2) is 0 Å². The van der Waals surface area contributed by atoms with Gasteiger partial charge in [-0.25, -0.2) is 14.1 Å². The molecule has 0 saturated carbocycles. The van der Waals surface area contributed by atoms with E-state index < -0.39 is 29.7 Å². The van der Waals surface area contributed by atoms with Gasteiger partial charge >= 0.3 is 6.03 Å². The second-order valence-electron chi connectivity index (χ2n) is 7.48. The SMILES string of the molecule is COc1cccc(N2C(=O)C(CC(=O)Nc3ccc(F)cc3)N(CC(C)C)C2=O)c1. The van der Waals surface area contributed by atoms with E-state index in [0.717, 1.165) is 4.90 Å². The fourth-order valence-electron chi connectivity index (χ4n) is 3.34. The van der Waals surface area contributed by atoms with Crippen molar-refractivity contribution in [2.75, 3.05) is 23.9 Å². The first-order chi connectivity index (χ1) is 14.3. The molecule has 0 bridgehead atoms. The maximum atomic E-state index is 13.1. The third-order valence-electron chi connectivity index (χ3n) is 4.70. The standard InChI is InChI=1S/C22H24FN3O4/c1-14(2)13-25-19(12-20(27)24-16-9-7-15(23)8-10-16)21(28)26(22(25)29)17-5-4-6-18(11-17)30-3/h4-11,14,19H,12-13H2,1-3H3,(H,24,27). The molecule has 1 aliphatic heterocycles. The Morgan fingerprint density at radius 2 is 1.87 bits per heavy atom. The lowest BCUT2D eigenvalue weighted by Gasteiger charge is -2.23. The lowest BCUT2D eigenvalue weighted by molar-refractivity contribution is -0.124. The summed E-state index contributed by atoms with van der Waals surface area (Å²) in [5, 5.41) is 2.64. The van der Waals surface area contributed by atoms with E-state index in [1.54, 1.807) is 24.3 Å². The molecule has 158 valence electrons. The third-order valence-corrected chi connectivity index (χ3v) is 4.70. The van der Waals surface area contributed by atoms with Crippen molar-refractivity contribution in [3.63, 3.8) is 0 Å². The van der Waals surface area contributed by atoms with Gasteiger partial charge in [0.05, 0.1) is 19.2 Å². The van der Waals surface area contributed by atoms with Crippen LogP contribution in [0, 0.1) is 11.7 Å². The number of hydrogen-bond donors (Lipinski definition) is 1. The Bertz CT molecular complexity index is 946. The molecule has 4 amide bonds. The highest BCUT2D eigenvalue weighted by atomic mass is 19.1. The number of amides is 4. The summed E-state index contributed by atoms with van der Waals surface area (Å²) in [6.45, 7) is 4.20. The summed E-state index contributed by atoms with van der Waals surface area (Å²) >= 11 is 0. The minimum absolute atomic E-state index is 0.106. The summed E-state index contributed by atoms with van der Waals surface area (Å²) in [5.74, 6) is -0.700. The number of nitrogens with zero attached hydrogens (tertiary/aromatic N) is 2. The minimum atomic E-state index is -0.924. The molecule has 0 spiro atoms. The lowest BCUT2D eigenvalue weighted by Crippen LogP contribution is -2.40. The van der Waals surface area contributed by atoms with Gasteiger partial charge < -0.3 is 15.0 Å². The van der Waals surface area contributed by atoms with E-state index in [2.05, 4.69) is 5.32 Å². The molecule has 1 saturated heterocycles.